The van der Waals surface area contributed by atoms with Crippen LogP contribution in [0.25, 0.3) is 0 Å². The fraction of sp³-hybridized carbons (Fsp3) is 0.348. The Hall–Kier alpha value is -4.15. The maximum atomic E-state index is 12.4. The number of aliphatic carboxylic acids is 1. The summed E-state index contributed by atoms with van der Waals surface area (Å²) in [7, 11) is 0. The number of carboxylic acids is 1. The summed E-state index contributed by atoms with van der Waals surface area (Å²) >= 11 is 0. The van der Waals surface area contributed by atoms with Crippen molar-refractivity contribution in [3.63, 3.8) is 0 Å². The van der Waals surface area contributed by atoms with Gasteiger partial charge in [-0.1, -0.05) is 41.6 Å². The Morgan fingerprint density at radius 3 is 2.71 bits per heavy atom. The lowest BCUT2D eigenvalue weighted by molar-refractivity contribution is -0.139. The Labute approximate surface area is 196 Å². The summed E-state index contributed by atoms with van der Waals surface area (Å²) in [6.45, 7) is -0.339. The first-order valence-corrected chi connectivity index (χ1v) is 10.8. The SMILES string of the molecule is Nc1cccc(CCCC2CC(C(=O)NC[C@H](NC(=O)OCc3ccccc3)C(=O)O)=NO2)n1. The number of hydrogen-bond acceptors (Lipinski definition) is 8. The number of nitrogens with zero attached hydrogens (tertiary/aromatic N) is 2. The average molecular weight is 469 g/mol. The molecule has 1 aliphatic heterocycles. The summed E-state index contributed by atoms with van der Waals surface area (Å²) in [5.74, 6) is -1.39. The van der Waals surface area contributed by atoms with Gasteiger partial charge in [0.2, 0.25) is 0 Å². The number of anilines is 1. The number of rotatable bonds is 11. The Morgan fingerprint density at radius 1 is 1.18 bits per heavy atom. The van der Waals surface area contributed by atoms with Crippen molar-refractivity contribution in [3.05, 3.63) is 59.8 Å². The van der Waals surface area contributed by atoms with Crippen LogP contribution < -0.4 is 16.4 Å². The molecule has 1 unspecified atom stereocenters. The van der Waals surface area contributed by atoms with Crippen molar-refractivity contribution in [1.82, 2.24) is 15.6 Å². The van der Waals surface area contributed by atoms with Crippen LogP contribution in [0.2, 0.25) is 0 Å². The zero-order chi connectivity index (χ0) is 24.3. The van der Waals surface area contributed by atoms with Crippen molar-refractivity contribution < 1.29 is 29.1 Å². The summed E-state index contributed by atoms with van der Waals surface area (Å²) in [5, 5.41) is 17.9. The number of pyridine rings is 1. The lowest BCUT2D eigenvalue weighted by Crippen LogP contribution is -2.49. The third-order valence-electron chi connectivity index (χ3n) is 5.05. The molecule has 2 heterocycles. The van der Waals surface area contributed by atoms with Gasteiger partial charge < -0.3 is 31.0 Å². The first kappa shape index (κ1) is 24.5. The van der Waals surface area contributed by atoms with Crippen molar-refractivity contribution in [1.29, 1.82) is 0 Å². The number of nitrogens with one attached hydrogen (secondary N) is 2. The highest BCUT2D eigenvalue weighted by atomic mass is 16.6. The van der Waals surface area contributed by atoms with Crippen LogP contribution in [0.5, 0.6) is 0 Å². The average Bonchev–Trinajstić information content (AvgIpc) is 3.30. The molecule has 1 aliphatic rings. The van der Waals surface area contributed by atoms with Crippen LogP contribution in [0.4, 0.5) is 10.6 Å². The summed E-state index contributed by atoms with van der Waals surface area (Å²) < 4.78 is 5.02. The van der Waals surface area contributed by atoms with Crippen LogP contribution in [0, 0.1) is 0 Å². The molecular weight excluding hydrogens is 442 g/mol. The number of carboxylic acid groups (broad SMARTS) is 1. The minimum Gasteiger partial charge on any atom is -0.480 e. The molecule has 0 saturated heterocycles. The molecule has 0 saturated carbocycles. The highest BCUT2D eigenvalue weighted by Gasteiger charge is 2.28. The van der Waals surface area contributed by atoms with E-state index < -0.39 is 24.0 Å². The second kappa shape index (κ2) is 12.2. The molecule has 0 fully saturated rings. The summed E-state index contributed by atoms with van der Waals surface area (Å²) in [6.07, 6.45) is 1.33. The molecule has 1 aromatic carbocycles. The Bertz CT molecular complexity index is 1030. The van der Waals surface area contributed by atoms with E-state index in [1.54, 1.807) is 30.3 Å². The van der Waals surface area contributed by atoms with Gasteiger partial charge >= 0.3 is 12.1 Å². The highest BCUT2D eigenvalue weighted by Crippen LogP contribution is 2.17. The summed E-state index contributed by atoms with van der Waals surface area (Å²) in [4.78, 5) is 45.3. The number of nitrogens with two attached hydrogens (primary N) is 1. The predicted molar refractivity (Wildman–Crippen MR) is 123 cm³/mol. The van der Waals surface area contributed by atoms with E-state index in [2.05, 4.69) is 20.8 Å². The number of carbonyl (C=O) groups excluding carboxylic acids is 2. The number of amides is 2. The number of aromatic nitrogens is 1. The fourth-order valence-corrected chi connectivity index (χ4v) is 3.27. The molecule has 3 rings (SSSR count). The van der Waals surface area contributed by atoms with E-state index in [4.69, 9.17) is 15.3 Å². The smallest absolute Gasteiger partial charge is 0.408 e. The van der Waals surface area contributed by atoms with E-state index in [1.165, 1.54) is 0 Å². The lowest BCUT2D eigenvalue weighted by Gasteiger charge is -2.15. The fourth-order valence-electron chi connectivity index (χ4n) is 3.27. The third kappa shape index (κ3) is 7.76. The molecule has 0 radical (unpaired) electrons. The standard InChI is InChI=1S/C23H27N5O6/c24-20-11-5-9-16(26-20)8-4-10-17-12-18(28-34-17)21(29)25-13-19(22(30)31)27-23(32)33-14-15-6-2-1-3-7-15/h1-3,5-7,9,11,17,19H,4,8,10,12-14H2,(H2,24,26)(H,25,29)(H,27,32)(H,30,31)/t17?,19-/m0/s1. The monoisotopic (exact) mass is 469 g/mol. The van der Waals surface area contributed by atoms with Gasteiger partial charge in [-0.15, -0.1) is 0 Å². The molecule has 2 atom stereocenters. The number of nitrogen functional groups attached to an aromatic ring is 1. The van der Waals surface area contributed by atoms with Crippen molar-refractivity contribution in [2.24, 2.45) is 5.16 Å². The molecule has 11 nitrogen and oxygen atoms in total. The van der Waals surface area contributed by atoms with Crippen molar-refractivity contribution in [3.8, 4) is 0 Å². The number of oxime groups is 1. The lowest BCUT2D eigenvalue weighted by atomic mass is 10.1. The topological polar surface area (TPSA) is 165 Å². The van der Waals surface area contributed by atoms with Gasteiger partial charge in [0.25, 0.3) is 5.91 Å². The maximum absolute atomic E-state index is 12.4. The third-order valence-corrected chi connectivity index (χ3v) is 5.05. The number of ether oxygens (including phenoxy) is 1. The van der Waals surface area contributed by atoms with Crippen molar-refractivity contribution in [2.45, 2.75) is 44.4 Å². The predicted octanol–water partition coefficient (Wildman–Crippen LogP) is 1.63. The van der Waals surface area contributed by atoms with Gasteiger partial charge in [0.1, 0.15) is 30.3 Å². The van der Waals surface area contributed by atoms with Crippen molar-refractivity contribution >= 4 is 29.5 Å². The molecule has 1 aromatic heterocycles. The quantitative estimate of drug-likeness (QED) is 0.385. The minimum absolute atomic E-state index is 0.00533. The molecule has 11 heteroatoms. The molecule has 0 aliphatic carbocycles. The molecule has 5 N–H and O–H groups in total. The van der Waals surface area contributed by atoms with Gasteiger partial charge in [0.15, 0.2) is 0 Å². The Balaban J connectivity index is 1.37. The zero-order valence-corrected chi connectivity index (χ0v) is 18.5. The summed E-state index contributed by atoms with van der Waals surface area (Å²) in [6, 6.07) is 13.1. The van der Waals surface area contributed by atoms with Crippen molar-refractivity contribution in [2.75, 3.05) is 12.3 Å². The minimum atomic E-state index is -1.36. The van der Waals surface area contributed by atoms with Gasteiger partial charge in [0, 0.05) is 18.7 Å². The first-order valence-electron chi connectivity index (χ1n) is 10.8. The Morgan fingerprint density at radius 2 is 1.97 bits per heavy atom. The van der Waals surface area contributed by atoms with Gasteiger partial charge in [-0.25, -0.2) is 14.6 Å². The van der Waals surface area contributed by atoms with Crippen LogP contribution in [0.3, 0.4) is 0 Å². The van der Waals surface area contributed by atoms with Crippen LogP contribution in [0.15, 0.2) is 53.7 Å². The van der Waals surface area contributed by atoms with Crippen LogP contribution in [0.1, 0.15) is 30.5 Å². The second-order valence-electron chi connectivity index (χ2n) is 7.72. The number of hydrogen-bond donors (Lipinski definition) is 4. The van der Waals surface area contributed by atoms with Gasteiger partial charge in [0.05, 0.1) is 0 Å². The molecule has 2 aromatic rings. The number of benzene rings is 1. The number of carbonyl (C=O) groups is 3. The van der Waals surface area contributed by atoms with Gasteiger partial charge in [-0.05, 0) is 37.0 Å². The molecule has 0 spiro atoms. The highest BCUT2D eigenvalue weighted by molar-refractivity contribution is 6.39. The normalized spacial score (nSPS) is 15.5. The number of alkyl carbamates (subject to hydrolysis) is 1. The van der Waals surface area contributed by atoms with E-state index in [0.717, 1.165) is 24.1 Å². The number of aryl methyl sites for hydroxylation is 1. The van der Waals surface area contributed by atoms with E-state index in [0.29, 0.717) is 18.7 Å². The summed E-state index contributed by atoms with van der Waals surface area (Å²) in [5.41, 5.74) is 7.48. The van der Waals surface area contributed by atoms with Gasteiger partial charge in [-0.2, -0.15) is 0 Å². The van der Waals surface area contributed by atoms with Crippen LogP contribution in [-0.2, 0) is 32.2 Å². The van der Waals surface area contributed by atoms with Gasteiger partial charge in [-0.3, -0.25) is 4.79 Å². The Kier molecular flexibility index (Phi) is 8.78. The van der Waals surface area contributed by atoms with E-state index in [9.17, 15) is 19.5 Å². The zero-order valence-electron chi connectivity index (χ0n) is 18.5. The molecular formula is C23H27N5O6. The van der Waals surface area contributed by atoms with E-state index in [-0.39, 0.29) is 25.0 Å². The molecule has 180 valence electrons. The largest absolute Gasteiger partial charge is 0.480 e. The molecule has 0 bridgehead atoms. The molecule has 34 heavy (non-hydrogen) atoms. The van der Waals surface area contributed by atoms with Crippen LogP contribution in [-0.4, -0.2) is 52.5 Å². The maximum Gasteiger partial charge on any atom is 0.408 e. The first-order chi connectivity index (χ1) is 16.4. The second-order valence-corrected chi connectivity index (χ2v) is 7.72. The van der Waals surface area contributed by atoms with E-state index in [1.807, 2.05) is 18.2 Å². The van der Waals surface area contributed by atoms with Crippen LogP contribution >= 0.6 is 0 Å². The van der Waals surface area contributed by atoms with E-state index >= 15 is 0 Å². The molecule has 2 amide bonds.